The zero-order valence-corrected chi connectivity index (χ0v) is 14.5. The molecule has 0 aliphatic carbocycles. The summed E-state index contributed by atoms with van der Waals surface area (Å²) in [6, 6.07) is 0. The number of hydrogen-bond donors (Lipinski definition) is 0. The SMILES string of the molecule is CCC(=O)N(CC)CC1COCCOCCOCCOCCO1. The summed E-state index contributed by atoms with van der Waals surface area (Å²) < 4.78 is 27.6. The van der Waals surface area contributed by atoms with Crippen LogP contribution in [0, 0.1) is 0 Å². The van der Waals surface area contributed by atoms with Gasteiger partial charge in [-0.2, -0.15) is 0 Å². The standard InChI is InChI=1S/C16H31NO6/c1-3-16(18)17(4-2)13-15-14-22-10-9-20-6-5-19-7-8-21-11-12-23-15/h15H,3-14H2,1-2H3. The van der Waals surface area contributed by atoms with Gasteiger partial charge in [-0.15, -0.1) is 0 Å². The summed E-state index contributed by atoms with van der Waals surface area (Å²) in [5, 5.41) is 0. The van der Waals surface area contributed by atoms with Crippen LogP contribution in [0.3, 0.4) is 0 Å². The molecule has 7 heteroatoms. The first-order valence-electron chi connectivity index (χ1n) is 8.48. The van der Waals surface area contributed by atoms with Crippen LogP contribution in [0.25, 0.3) is 0 Å². The van der Waals surface area contributed by atoms with E-state index in [9.17, 15) is 4.79 Å². The van der Waals surface area contributed by atoms with Gasteiger partial charge >= 0.3 is 0 Å². The molecule has 1 unspecified atom stereocenters. The number of ether oxygens (including phenoxy) is 5. The third-order valence-electron chi connectivity index (χ3n) is 3.46. The van der Waals surface area contributed by atoms with E-state index < -0.39 is 0 Å². The lowest BCUT2D eigenvalue weighted by Gasteiger charge is -2.26. The van der Waals surface area contributed by atoms with E-state index in [0.717, 1.165) is 0 Å². The summed E-state index contributed by atoms with van der Waals surface area (Å²) in [6.45, 7) is 9.70. The molecule has 1 amide bonds. The van der Waals surface area contributed by atoms with E-state index in [-0.39, 0.29) is 12.0 Å². The maximum absolute atomic E-state index is 11.9. The van der Waals surface area contributed by atoms with Crippen molar-refractivity contribution < 1.29 is 28.5 Å². The Bertz CT molecular complexity index is 286. The molecular formula is C16H31NO6. The average molecular weight is 333 g/mol. The molecule has 0 saturated carbocycles. The van der Waals surface area contributed by atoms with Crippen molar-refractivity contribution >= 4 is 5.91 Å². The van der Waals surface area contributed by atoms with Crippen molar-refractivity contribution in [3.05, 3.63) is 0 Å². The van der Waals surface area contributed by atoms with Crippen molar-refractivity contribution in [2.24, 2.45) is 0 Å². The van der Waals surface area contributed by atoms with Gasteiger partial charge in [0.25, 0.3) is 0 Å². The van der Waals surface area contributed by atoms with Crippen LogP contribution in [0.2, 0.25) is 0 Å². The average Bonchev–Trinajstić information content (AvgIpc) is 2.58. The van der Waals surface area contributed by atoms with E-state index in [1.54, 1.807) is 4.90 Å². The van der Waals surface area contributed by atoms with Crippen LogP contribution in [0.1, 0.15) is 20.3 Å². The fourth-order valence-corrected chi connectivity index (χ4v) is 2.18. The number of carbonyl (C=O) groups excluding carboxylic acids is 1. The van der Waals surface area contributed by atoms with Crippen molar-refractivity contribution in [1.82, 2.24) is 4.90 Å². The minimum Gasteiger partial charge on any atom is -0.377 e. The van der Waals surface area contributed by atoms with Gasteiger partial charge in [-0.3, -0.25) is 4.79 Å². The van der Waals surface area contributed by atoms with Crippen molar-refractivity contribution in [2.45, 2.75) is 26.4 Å². The molecule has 1 rings (SSSR count). The number of nitrogens with zero attached hydrogens (tertiary/aromatic N) is 1. The Labute approximate surface area is 139 Å². The normalized spacial score (nSPS) is 22.8. The Kier molecular flexibility index (Phi) is 12.1. The molecule has 1 fully saturated rings. The van der Waals surface area contributed by atoms with Gasteiger partial charge in [0.1, 0.15) is 0 Å². The fourth-order valence-electron chi connectivity index (χ4n) is 2.18. The Morgan fingerprint density at radius 2 is 1.39 bits per heavy atom. The predicted molar refractivity (Wildman–Crippen MR) is 85.6 cm³/mol. The summed E-state index contributed by atoms with van der Waals surface area (Å²) in [5.41, 5.74) is 0. The number of rotatable bonds is 4. The highest BCUT2D eigenvalue weighted by atomic mass is 16.6. The van der Waals surface area contributed by atoms with Gasteiger partial charge in [-0.1, -0.05) is 6.92 Å². The van der Waals surface area contributed by atoms with E-state index in [4.69, 9.17) is 23.7 Å². The first-order chi connectivity index (χ1) is 11.3. The molecule has 0 radical (unpaired) electrons. The monoisotopic (exact) mass is 333 g/mol. The molecule has 23 heavy (non-hydrogen) atoms. The highest BCUT2D eigenvalue weighted by Crippen LogP contribution is 2.02. The van der Waals surface area contributed by atoms with Crippen LogP contribution in [0.5, 0.6) is 0 Å². The molecule has 1 saturated heterocycles. The molecule has 0 aromatic rings. The maximum atomic E-state index is 11.9. The largest absolute Gasteiger partial charge is 0.377 e. The van der Waals surface area contributed by atoms with Gasteiger partial charge in [-0.05, 0) is 6.92 Å². The fraction of sp³-hybridized carbons (Fsp3) is 0.938. The van der Waals surface area contributed by atoms with Crippen LogP contribution in [0.15, 0.2) is 0 Å². The Morgan fingerprint density at radius 3 is 1.91 bits per heavy atom. The van der Waals surface area contributed by atoms with Crippen molar-refractivity contribution in [3.63, 3.8) is 0 Å². The van der Waals surface area contributed by atoms with Crippen LogP contribution in [-0.4, -0.2) is 89.5 Å². The Hall–Kier alpha value is -0.730. The van der Waals surface area contributed by atoms with Gasteiger partial charge in [-0.25, -0.2) is 0 Å². The van der Waals surface area contributed by atoms with Gasteiger partial charge in [0, 0.05) is 19.5 Å². The minimum absolute atomic E-state index is 0.128. The number of likely N-dealkylation sites (N-methyl/N-ethyl adjacent to an activating group) is 1. The van der Waals surface area contributed by atoms with Gasteiger partial charge < -0.3 is 28.6 Å². The van der Waals surface area contributed by atoms with Crippen LogP contribution in [-0.2, 0) is 28.5 Å². The third kappa shape index (κ3) is 9.88. The zero-order chi connectivity index (χ0) is 16.8. The molecule has 0 N–H and O–H groups in total. The van der Waals surface area contributed by atoms with E-state index >= 15 is 0 Å². The zero-order valence-electron chi connectivity index (χ0n) is 14.5. The summed E-state index contributed by atoms with van der Waals surface area (Å²) in [6.07, 6.45) is 0.341. The van der Waals surface area contributed by atoms with Gasteiger partial charge in [0.2, 0.25) is 5.91 Å². The minimum atomic E-state index is -0.157. The van der Waals surface area contributed by atoms with E-state index in [2.05, 4.69) is 0 Å². The Balaban J connectivity index is 2.43. The molecule has 1 atom stereocenters. The summed E-state index contributed by atoms with van der Waals surface area (Å²) >= 11 is 0. The van der Waals surface area contributed by atoms with E-state index in [1.165, 1.54) is 0 Å². The predicted octanol–water partition coefficient (Wildman–Crippen LogP) is 0.710. The third-order valence-corrected chi connectivity index (χ3v) is 3.46. The summed E-state index contributed by atoms with van der Waals surface area (Å²) in [4.78, 5) is 13.7. The molecule has 0 aromatic heterocycles. The maximum Gasteiger partial charge on any atom is 0.222 e. The summed E-state index contributed by atoms with van der Waals surface area (Å²) in [7, 11) is 0. The molecule has 1 aliphatic rings. The lowest BCUT2D eigenvalue weighted by molar-refractivity contribution is -0.134. The molecule has 136 valence electrons. The van der Waals surface area contributed by atoms with Gasteiger partial charge in [0.15, 0.2) is 0 Å². The molecule has 7 nitrogen and oxygen atoms in total. The molecule has 1 heterocycles. The van der Waals surface area contributed by atoms with Crippen LogP contribution in [0.4, 0.5) is 0 Å². The smallest absolute Gasteiger partial charge is 0.222 e. The second kappa shape index (κ2) is 13.7. The van der Waals surface area contributed by atoms with Crippen LogP contribution < -0.4 is 0 Å². The number of carbonyl (C=O) groups is 1. The van der Waals surface area contributed by atoms with Crippen molar-refractivity contribution in [3.8, 4) is 0 Å². The summed E-state index contributed by atoms with van der Waals surface area (Å²) in [5.74, 6) is 0.128. The molecule has 0 bridgehead atoms. The van der Waals surface area contributed by atoms with E-state index in [1.807, 2.05) is 13.8 Å². The Morgan fingerprint density at radius 1 is 0.870 bits per heavy atom. The van der Waals surface area contributed by atoms with E-state index in [0.29, 0.717) is 79.0 Å². The molecule has 0 aromatic carbocycles. The quantitative estimate of drug-likeness (QED) is 0.755. The lowest BCUT2D eigenvalue weighted by atomic mass is 10.3. The molecule has 1 aliphatic heterocycles. The van der Waals surface area contributed by atoms with Crippen molar-refractivity contribution in [2.75, 3.05) is 72.6 Å². The molecular weight excluding hydrogens is 302 g/mol. The first kappa shape index (κ1) is 20.3. The highest BCUT2D eigenvalue weighted by Gasteiger charge is 2.17. The number of amides is 1. The lowest BCUT2D eigenvalue weighted by Crippen LogP contribution is -2.40. The highest BCUT2D eigenvalue weighted by molar-refractivity contribution is 5.75. The van der Waals surface area contributed by atoms with Crippen molar-refractivity contribution in [1.29, 1.82) is 0 Å². The first-order valence-corrected chi connectivity index (χ1v) is 8.48. The topological polar surface area (TPSA) is 66.5 Å². The second-order valence-corrected chi connectivity index (χ2v) is 5.19. The number of hydrogen-bond acceptors (Lipinski definition) is 6. The van der Waals surface area contributed by atoms with Crippen LogP contribution >= 0.6 is 0 Å². The second-order valence-electron chi connectivity index (χ2n) is 5.19. The van der Waals surface area contributed by atoms with Gasteiger partial charge in [0.05, 0.1) is 65.6 Å². The molecule has 0 spiro atoms.